The Morgan fingerprint density at radius 1 is 1.07 bits per heavy atom. The van der Waals surface area contributed by atoms with Gasteiger partial charge in [-0.15, -0.1) is 0 Å². The predicted molar refractivity (Wildman–Crippen MR) is 103 cm³/mol. The van der Waals surface area contributed by atoms with Crippen molar-refractivity contribution >= 4 is 16.9 Å². The molecule has 1 fully saturated rings. The number of piperazine rings is 1. The minimum atomic E-state index is -4.64. The summed E-state index contributed by atoms with van der Waals surface area (Å²) < 4.78 is 41.7. The maximum Gasteiger partial charge on any atom is 0.449 e. The maximum atomic E-state index is 13.6. The zero-order valence-electron chi connectivity index (χ0n) is 15.9. The summed E-state index contributed by atoms with van der Waals surface area (Å²) in [6, 6.07) is 15.7. The van der Waals surface area contributed by atoms with Gasteiger partial charge in [0.1, 0.15) is 6.54 Å². The first-order valence-electron chi connectivity index (χ1n) is 9.40. The average Bonchev–Trinajstić information content (AvgIpc) is 3.07. The molecule has 2 heterocycles. The summed E-state index contributed by atoms with van der Waals surface area (Å²) in [5.41, 5.74) is 1.50. The summed E-state index contributed by atoms with van der Waals surface area (Å²) in [5, 5.41) is 0. The van der Waals surface area contributed by atoms with Crippen LogP contribution in [0.3, 0.4) is 0 Å². The molecule has 0 N–H and O–H groups in total. The number of hydrogen-bond donors (Lipinski definition) is 0. The van der Waals surface area contributed by atoms with Gasteiger partial charge in [-0.1, -0.05) is 42.5 Å². The number of aromatic nitrogens is 2. The van der Waals surface area contributed by atoms with Crippen LogP contribution in [0.1, 0.15) is 17.4 Å². The molecule has 0 saturated carbocycles. The molecular weight excluding hydrogens is 381 g/mol. The quantitative estimate of drug-likeness (QED) is 0.673. The number of rotatable bonds is 3. The van der Waals surface area contributed by atoms with E-state index in [1.807, 2.05) is 37.4 Å². The van der Waals surface area contributed by atoms with Crippen LogP contribution in [0.15, 0.2) is 54.6 Å². The van der Waals surface area contributed by atoms with Crippen molar-refractivity contribution in [2.75, 3.05) is 26.7 Å². The number of para-hydroxylation sites is 2. The molecule has 152 valence electrons. The van der Waals surface area contributed by atoms with Gasteiger partial charge in [-0.25, -0.2) is 4.98 Å². The van der Waals surface area contributed by atoms with Crippen molar-refractivity contribution in [1.29, 1.82) is 0 Å². The molecule has 0 unspecified atom stereocenters. The van der Waals surface area contributed by atoms with Gasteiger partial charge in [0.05, 0.1) is 17.1 Å². The third kappa shape index (κ3) is 3.85. The zero-order valence-corrected chi connectivity index (χ0v) is 15.9. The fourth-order valence-corrected chi connectivity index (χ4v) is 3.86. The van der Waals surface area contributed by atoms with E-state index in [0.29, 0.717) is 25.2 Å². The molecule has 1 aromatic heterocycles. The number of amides is 1. The van der Waals surface area contributed by atoms with Gasteiger partial charge in [0.2, 0.25) is 11.7 Å². The molecular formula is C21H21F3N4O. The van der Waals surface area contributed by atoms with Crippen LogP contribution < -0.4 is 0 Å². The number of fused-ring (bicyclic) bond motifs is 1. The monoisotopic (exact) mass is 402 g/mol. The molecule has 2 aromatic carbocycles. The number of imidazole rings is 1. The Hall–Kier alpha value is -2.87. The van der Waals surface area contributed by atoms with Gasteiger partial charge < -0.3 is 14.4 Å². The Morgan fingerprint density at radius 3 is 2.48 bits per heavy atom. The molecule has 8 heteroatoms. The molecule has 0 bridgehead atoms. The van der Waals surface area contributed by atoms with E-state index in [1.165, 1.54) is 6.07 Å². The number of benzene rings is 2. The topological polar surface area (TPSA) is 41.4 Å². The normalized spacial score (nSPS) is 18.3. The van der Waals surface area contributed by atoms with E-state index < -0.39 is 18.5 Å². The second-order valence-electron chi connectivity index (χ2n) is 7.28. The van der Waals surface area contributed by atoms with E-state index in [-0.39, 0.29) is 17.5 Å². The molecule has 0 aliphatic carbocycles. The number of nitrogens with zero attached hydrogens (tertiary/aromatic N) is 4. The van der Waals surface area contributed by atoms with Crippen LogP contribution in [0.4, 0.5) is 13.2 Å². The second kappa shape index (κ2) is 7.51. The highest BCUT2D eigenvalue weighted by molar-refractivity contribution is 5.81. The average molecular weight is 402 g/mol. The summed E-state index contributed by atoms with van der Waals surface area (Å²) in [6.07, 6.45) is -4.64. The third-order valence-electron chi connectivity index (χ3n) is 5.29. The Balaban J connectivity index is 1.68. The van der Waals surface area contributed by atoms with E-state index in [1.54, 1.807) is 23.1 Å². The molecule has 5 nitrogen and oxygen atoms in total. The lowest BCUT2D eigenvalue weighted by Crippen LogP contribution is -2.50. The summed E-state index contributed by atoms with van der Waals surface area (Å²) in [6.45, 7) is 1.36. The largest absolute Gasteiger partial charge is 0.449 e. The Morgan fingerprint density at radius 2 is 1.76 bits per heavy atom. The molecule has 0 radical (unpaired) electrons. The summed E-state index contributed by atoms with van der Waals surface area (Å²) in [5.74, 6) is -1.39. The lowest BCUT2D eigenvalue weighted by molar-refractivity contribution is -0.148. The smallest absolute Gasteiger partial charge is 0.332 e. The van der Waals surface area contributed by atoms with E-state index in [2.05, 4.69) is 9.88 Å². The van der Waals surface area contributed by atoms with Crippen molar-refractivity contribution in [2.45, 2.75) is 18.8 Å². The van der Waals surface area contributed by atoms with Gasteiger partial charge in [-0.3, -0.25) is 4.79 Å². The highest BCUT2D eigenvalue weighted by atomic mass is 19.4. The number of alkyl halides is 3. The van der Waals surface area contributed by atoms with E-state index in [0.717, 1.165) is 10.1 Å². The van der Waals surface area contributed by atoms with Gasteiger partial charge in [-0.05, 0) is 24.7 Å². The number of carbonyl (C=O) groups excluding carboxylic acids is 1. The highest BCUT2D eigenvalue weighted by Crippen LogP contribution is 2.32. The fourth-order valence-electron chi connectivity index (χ4n) is 3.86. The first-order chi connectivity index (χ1) is 13.8. The van der Waals surface area contributed by atoms with Crippen molar-refractivity contribution in [2.24, 2.45) is 0 Å². The molecule has 4 rings (SSSR count). The summed E-state index contributed by atoms with van der Waals surface area (Å²) in [4.78, 5) is 20.7. The lowest BCUT2D eigenvalue weighted by atomic mass is 10.0. The van der Waals surface area contributed by atoms with Crippen molar-refractivity contribution in [3.05, 3.63) is 66.0 Å². The molecule has 3 aromatic rings. The van der Waals surface area contributed by atoms with E-state index in [9.17, 15) is 18.0 Å². The minimum absolute atomic E-state index is 0.202. The number of hydrogen-bond acceptors (Lipinski definition) is 3. The Bertz CT molecular complexity index is 1020. The zero-order chi connectivity index (χ0) is 20.6. The number of carbonyl (C=O) groups is 1. The van der Waals surface area contributed by atoms with Crippen LogP contribution in [0, 0.1) is 0 Å². The van der Waals surface area contributed by atoms with Crippen molar-refractivity contribution in [1.82, 2.24) is 19.4 Å². The van der Waals surface area contributed by atoms with Crippen LogP contribution >= 0.6 is 0 Å². The fraction of sp³-hybridized carbons (Fsp3) is 0.333. The summed E-state index contributed by atoms with van der Waals surface area (Å²) >= 11 is 0. The number of halogens is 3. The minimum Gasteiger partial charge on any atom is -0.332 e. The Labute approximate surface area is 166 Å². The van der Waals surface area contributed by atoms with Gasteiger partial charge in [0.15, 0.2) is 0 Å². The van der Waals surface area contributed by atoms with Crippen molar-refractivity contribution < 1.29 is 18.0 Å². The summed E-state index contributed by atoms with van der Waals surface area (Å²) in [7, 11) is 1.98. The van der Waals surface area contributed by atoms with Gasteiger partial charge >= 0.3 is 6.18 Å². The first kappa shape index (κ1) is 19.4. The molecule has 0 spiro atoms. The lowest BCUT2D eigenvalue weighted by Gasteiger charge is -2.40. The standard InChI is InChI=1S/C21H21F3N4O/c1-26-11-12-27(18(13-26)15-7-3-2-4-8-15)19(29)14-28-17-10-6-5-9-16(17)25-20(28)21(22,23)24/h2-10,18H,11-14H2,1H3/t18-/m1/s1. The molecule has 1 aliphatic rings. The first-order valence-corrected chi connectivity index (χ1v) is 9.40. The van der Waals surface area contributed by atoms with Crippen LogP contribution in [0.2, 0.25) is 0 Å². The molecule has 29 heavy (non-hydrogen) atoms. The SMILES string of the molecule is CN1CCN(C(=O)Cn2c(C(F)(F)F)nc3ccccc32)[C@@H](c2ccccc2)C1. The van der Waals surface area contributed by atoms with Crippen LogP contribution in [0.5, 0.6) is 0 Å². The molecule has 1 atom stereocenters. The van der Waals surface area contributed by atoms with E-state index in [4.69, 9.17) is 0 Å². The second-order valence-corrected chi connectivity index (χ2v) is 7.28. The van der Waals surface area contributed by atoms with Crippen LogP contribution in [0.25, 0.3) is 11.0 Å². The van der Waals surface area contributed by atoms with Gasteiger partial charge in [0, 0.05) is 19.6 Å². The number of likely N-dealkylation sites (N-methyl/N-ethyl adjacent to an activating group) is 1. The van der Waals surface area contributed by atoms with Crippen LogP contribution in [-0.4, -0.2) is 51.9 Å². The maximum absolute atomic E-state index is 13.6. The Kier molecular flexibility index (Phi) is 5.04. The third-order valence-corrected chi connectivity index (χ3v) is 5.29. The van der Waals surface area contributed by atoms with Gasteiger partial charge in [0.25, 0.3) is 0 Å². The molecule has 1 saturated heterocycles. The highest BCUT2D eigenvalue weighted by Gasteiger charge is 2.39. The molecule has 1 amide bonds. The van der Waals surface area contributed by atoms with Crippen LogP contribution in [-0.2, 0) is 17.5 Å². The van der Waals surface area contributed by atoms with Crippen molar-refractivity contribution in [3.63, 3.8) is 0 Å². The predicted octanol–water partition coefficient (Wildman–Crippen LogP) is 3.57. The van der Waals surface area contributed by atoms with E-state index >= 15 is 0 Å². The van der Waals surface area contributed by atoms with Gasteiger partial charge in [-0.2, -0.15) is 13.2 Å². The van der Waals surface area contributed by atoms with Crippen molar-refractivity contribution in [3.8, 4) is 0 Å². The molecule has 1 aliphatic heterocycles.